The minimum absolute atomic E-state index is 1.25. The van der Waals surface area contributed by atoms with Crippen LogP contribution in [0.4, 0.5) is 4.79 Å². The molecule has 0 spiro atoms. The fourth-order valence-corrected chi connectivity index (χ4v) is 0.979. The SMILES string of the molecule is C1CCCNCC1.O=C(O)O. The smallest absolute Gasteiger partial charge is 0.450 e. The van der Waals surface area contributed by atoms with E-state index in [0.29, 0.717) is 0 Å². The van der Waals surface area contributed by atoms with Gasteiger partial charge >= 0.3 is 6.16 Å². The zero-order valence-corrected chi connectivity index (χ0v) is 6.55. The number of nitrogens with one attached hydrogen (secondary N) is 1. The highest BCUT2D eigenvalue weighted by molar-refractivity contribution is 5.53. The molecule has 1 fully saturated rings. The number of carbonyl (C=O) groups is 1. The maximum absolute atomic E-state index is 8.56. The fraction of sp³-hybridized carbons (Fsp3) is 0.857. The molecule has 3 N–H and O–H groups in total. The molecule has 11 heavy (non-hydrogen) atoms. The summed E-state index contributed by atoms with van der Waals surface area (Å²) in [6.45, 7) is 2.50. The Balaban J connectivity index is 0.000000218. The highest BCUT2D eigenvalue weighted by Gasteiger charge is 1.94. The van der Waals surface area contributed by atoms with E-state index >= 15 is 0 Å². The third kappa shape index (κ3) is 12.4. The van der Waals surface area contributed by atoms with Crippen LogP contribution < -0.4 is 5.32 Å². The van der Waals surface area contributed by atoms with Crippen molar-refractivity contribution in [2.75, 3.05) is 13.1 Å². The van der Waals surface area contributed by atoms with Gasteiger partial charge in [-0.2, -0.15) is 0 Å². The Morgan fingerprint density at radius 2 is 1.36 bits per heavy atom. The minimum atomic E-state index is -1.83. The zero-order valence-electron chi connectivity index (χ0n) is 6.55. The minimum Gasteiger partial charge on any atom is -0.450 e. The standard InChI is InChI=1S/C6H13N.CH2O3/c1-2-4-6-7-5-3-1;2-1(3)4/h7H,1-6H2;(H2,2,3,4). The number of rotatable bonds is 0. The lowest BCUT2D eigenvalue weighted by Crippen LogP contribution is -2.12. The summed E-state index contributed by atoms with van der Waals surface area (Å²) in [5, 5.41) is 17.3. The summed E-state index contributed by atoms with van der Waals surface area (Å²) in [7, 11) is 0. The number of hydrogen-bond donors (Lipinski definition) is 3. The van der Waals surface area contributed by atoms with Crippen LogP contribution >= 0.6 is 0 Å². The third-order valence-corrected chi connectivity index (χ3v) is 1.46. The molecule has 0 aromatic heterocycles. The highest BCUT2D eigenvalue weighted by Crippen LogP contribution is 2.00. The first-order chi connectivity index (χ1) is 5.23. The van der Waals surface area contributed by atoms with Gasteiger partial charge in [0.05, 0.1) is 0 Å². The molecule has 0 aromatic carbocycles. The van der Waals surface area contributed by atoms with Gasteiger partial charge in [-0.05, 0) is 25.9 Å². The Kier molecular flexibility index (Phi) is 6.82. The van der Waals surface area contributed by atoms with Gasteiger partial charge in [0.1, 0.15) is 0 Å². The normalized spacial score (nSPS) is 17.5. The zero-order chi connectivity index (χ0) is 8.53. The van der Waals surface area contributed by atoms with Gasteiger partial charge in [-0.25, -0.2) is 4.79 Å². The van der Waals surface area contributed by atoms with Gasteiger partial charge < -0.3 is 15.5 Å². The van der Waals surface area contributed by atoms with Crippen LogP contribution in [0.5, 0.6) is 0 Å². The molecule has 0 aromatic rings. The fourth-order valence-electron chi connectivity index (χ4n) is 0.979. The molecule has 0 bridgehead atoms. The van der Waals surface area contributed by atoms with Crippen LogP contribution in [-0.4, -0.2) is 29.5 Å². The molecule has 0 atom stereocenters. The van der Waals surface area contributed by atoms with Crippen molar-refractivity contribution >= 4 is 6.16 Å². The number of hydrogen-bond acceptors (Lipinski definition) is 2. The summed E-state index contributed by atoms with van der Waals surface area (Å²) in [5.74, 6) is 0. The highest BCUT2D eigenvalue weighted by atomic mass is 16.6. The molecule has 4 heteroatoms. The summed E-state index contributed by atoms with van der Waals surface area (Å²) in [6.07, 6.45) is 3.82. The second-order valence-electron chi connectivity index (χ2n) is 2.45. The van der Waals surface area contributed by atoms with Crippen LogP contribution in [0, 0.1) is 0 Å². The van der Waals surface area contributed by atoms with Crippen LogP contribution in [0.3, 0.4) is 0 Å². The van der Waals surface area contributed by atoms with Crippen LogP contribution in [0.25, 0.3) is 0 Å². The van der Waals surface area contributed by atoms with E-state index in [0.717, 1.165) is 0 Å². The summed E-state index contributed by atoms with van der Waals surface area (Å²) in [4.78, 5) is 8.56. The van der Waals surface area contributed by atoms with Crippen LogP contribution in [0.2, 0.25) is 0 Å². The van der Waals surface area contributed by atoms with Crippen molar-refractivity contribution < 1.29 is 15.0 Å². The molecule has 0 unspecified atom stereocenters. The maximum atomic E-state index is 8.56. The third-order valence-electron chi connectivity index (χ3n) is 1.46. The molecule has 1 saturated heterocycles. The van der Waals surface area contributed by atoms with Crippen LogP contribution in [0.15, 0.2) is 0 Å². The van der Waals surface area contributed by atoms with E-state index in [4.69, 9.17) is 15.0 Å². The molecule has 1 heterocycles. The predicted molar refractivity (Wildman–Crippen MR) is 42.0 cm³/mol. The van der Waals surface area contributed by atoms with E-state index in [2.05, 4.69) is 5.32 Å². The van der Waals surface area contributed by atoms with Crippen molar-refractivity contribution in [1.82, 2.24) is 5.32 Å². The van der Waals surface area contributed by atoms with Crippen molar-refractivity contribution in [1.29, 1.82) is 0 Å². The molecule has 0 aliphatic carbocycles. The quantitative estimate of drug-likeness (QED) is 0.502. The predicted octanol–water partition coefficient (Wildman–Crippen LogP) is 1.37. The van der Waals surface area contributed by atoms with Gasteiger partial charge in [0.25, 0.3) is 0 Å². The first kappa shape index (κ1) is 10.2. The topological polar surface area (TPSA) is 69.6 Å². The van der Waals surface area contributed by atoms with Gasteiger partial charge in [0.15, 0.2) is 0 Å². The van der Waals surface area contributed by atoms with E-state index in [-0.39, 0.29) is 0 Å². The molecule has 1 aliphatic heterocycles. The first-order valence-electron chi connectivity index (χ1n) is 3.86. The number of carboxylic acid groups (broad SMARTS) is 2. The van der Waals surface area contributed by atoms with E-state index < -0.39 is 6.16 Å². The van der Waals surface area contributed by atoms with E-state index in [1.807, 2.05) is 0 Å². The molecule has 66 valence electrons. The Morgan fingerprint density at radius 3 is 1.73 bits per heavy atom. The molecule has 0 amide bonds. The second-order valence-corrected chi connectivity index (χ2v) is 2.45. The Bertz CT molecular complexity index is 82.2. The molecule has 0 radical (unpaired) electrons. The molecular formula is C7H15NO3. The van der Waals surface area contributed by atoms with E-state index in [1.165, 1.54) is 38.8 Å². The van der Waals surface area contributed by atoms with Crippen LogP contribution in [-0.2, 0) is 0 Å². The lowest BCUT2D eigenvalue weighted by atomic mass is 10.2. The van der Waals surface area contributed by atoms with Gasteiger partial charge in [-0.1, -0.05) is 12.8 Å². The van der Waals surface area contributed by atoms with Gasteiger partial charge in [-0.3, -0.25) is 0 Å². The first-order valence-corrected chi connectivity index (χ1v) is 3.86. The van der Waals surface area contributed by atoms with Crippen molar-refractivity contribution in [3.8, 4) is 0 Å². The van der Waals surface area contributed by atoms with Gasteiger partial charge in [0, 0.05) is 0 Å². The largest absolute Gasteiger partial charge is 0.503 e. The molecular weight excluding hydrogens is 146 g/mol. The van der Waals surface area contributed by atoms with Crippen molar-refractivity contribution in [2.45, 2.75) is 25.7 Å². The summed E-state index contributed by atoms with van der Waals surface area (Å²) in [5.41, 5.74) is 0. The van der Waals surface area contributed by atoms with Gasteiger partial charge in [0.2, 0.25) is 0 Å². The van der Waals surface area contributed by atoms with Gasteiger partial charge in [-0.15, -0.1) is 0 Å². The summed E-state index contributed by atoms with van der Waals surface area (Å²) in [6, 6.07) is 0. The average Bonchev–Trinajstić information content (AvgIpc) is 2.13. The van der Waals surface area contributed by atoms with Crippen molar-refractivity contribution in [2.24, 2.45) is 0 Å². The van der Waals surface area contributed by atoms with E-state index in [9.17, 15) is 0 Å². The van der Waals surface area contributed by atoms with Crippen LogP contribution in [0.1, 0.15) is 25.7 Å². The Labute approximate surface area is 66.2 Å². The summed E-state index contributed by atoms with van der Waals surface area (Å²) < 4.78 is 0. The molecule has 1 aliphatic rings. The lowest BCUT2D eigenvalue weighted by molar-refractivity contribution is 0.137. The molecule has 4 nitrogen and oxygen atoms in total. The maximum Gasteiger partial charge on any atom is 0.503 e. The monoisotopic (exact) mass is 161 g/mol. The lowest BCUT2D eigenvalue weighted by Gasteiger charge is -1.91. The molecule has 0 saturated carbocycles. The Hall–Kier alpha value is -0.770. The summed E-state index contributed by atoms with van der Waals surface area (Å²) >= 11 is 0. The second kappa shape index (κ2) is 7.34. The van der Waals surface area contributed by atoms with E-state index in [1.54, 1.807) is 0 Å². The Morgan fingerprint density at radius 1 is 1.00 bits per heavy atom. The average molecular weight is 161 g/mol. The molecule has 1 rings (SSSR count). The van der Waals surface area contributed by atoms with Crippen molar-refractivity contribution in [3.63, 3.8) is 0 Å². The van der Waals surface area contributed by atoms with Crippen molar-refractivity contribution in [3.05, 3.63) is 0 Å².